The topological polar surface area (TPSA) is 48.5 Å². The fourth-order valence-corrected chi connectivity index (χ4v) is 7.51. The predicted molar refractivity (Wildman–Crippen MR) is 213 cm³/mol. The van der Waals surface area contributed by atoms with Gasteiger partial charge in [0.15, 0.2) is 11.6 Å². The van der Waals surface area contributed by atoms with Crippen LogP contribution in [0.1, 0.15) is 0 Å². The number of aromatic nitrogens is 5. The van der Waals surface area contributed by atoms with Crippen LogP contribution in [0.5, 0.6) is 0 Å². The van der Waals surface area contributed by atoms with Crippen LogP contribution in [0.3, 0.4) is 0 Å². The highest BCUT2D eigenvalue weighted by molar-refractivity contribution is 6.10. The Kier molecular flexibility index (Phi) is 7.07. The fraction of sp³-hybridized carbons (Fsp3) is 0. The Bertz CT molecular complexity index is 2780. The number of hydrogen-bond donors (Lipinski definition) is 0. The zero-order chi connectivity index (χ0) is 34.4. The summed E-state index contributed by atoms with van der Waals surface area (Å²) in [6.45, 7) is 0. The van der Waals surface area contributed by atoms with Crippen LogP contribution in [-0.4, -0.2) is 24.1 Å². The van der Waals surface area contributed by atoms with E-state index in [1.807, 2.05) is 60.7 Å². The highest BCUT2D eigenvalue weighted by atomic mass is 15.2. The molecule has 7 aromatic carbocycles. The normalized spacial score (nSPS) is 11.5. The van der Waals surface area contributed by atoms with Gasteiger partial charge in [-0.3, -0.25) is 4.57 Å². The van der Waals surface area contributed by atoms with Crippen LogP contribution in [0, 0.1) is 0 Å². The first kappa shape index (κ1) is 29.8. The van der Waals surface area contributed by atoms with Crippen LogP contribution in [-0.2, 0) is 0 Å². The number of para-hydroxylation sites is 3. The van der Waals surface area contributed by atoms with Crippen molar-refractivity contribution < 1.29 is 0 Å². The van der Waals surface area contributed by atoms with Crippen LogP contribution in [0.25, 0.3) is 89.5 Å². The molecule has 244 valence electrons. The van der Waals surface area contributed by atoms with Crippen molar-refractivity contribution in [1.29, 1.82) is 0 Å². The van der Waals surface area contributed by atoms with Gasteiger partial charge in [-0.2, -0.15) is 9.97 Å². The van der Waals surface area contributed by atoms with E-state index < -0.39 is 0 Å². The van der Waals surface area contributed by atoms with E-state index in [0.717, 1.165) is 50.1 Å². The van der Waals surface area contributed by atoms with E-state index in [1.165, 1.54) is 21.8 Å². The zero-order valence-electron chi connectivity index (χ0n) is 28.1. The molecule has 0 radical (unpaired) electrons. The summed E-state index contributed by atoms with van der Waals surface area (Å²) in [5.41, 5.74) is 10.6. The monoisotopic (exact) mass is 665 g/mol. The van der Waals surface area contributed by atoms with Gasteiger partial charge >= 0.3 is 0 Å². The fourth-order valence-electron chi connectivity index (χ4n) is 7.51. The molecular weight excluding hydrogens is 635 g/mol. The quantitative estimate of drug-likeness (QED) is 0.178. The van der Waals surface area contributed by atoms with Crippen molar-refractivity contribution in [3.8, 4) is 56.8 Å². The Balaban J connectivity index is 1.30. The minimum absolute atomic E-state index is 0.559. The molecule has 0 atom stereocenters. The Morgan fingerprint density at radius 2 is 0.769 bits per heavy atom. The molecule has 3 aromatic heterocycles. The lowest BCUT2D eigenvalue weighted by molar-refractivity contribution is 0.938. The van der Waals surface area contributed by atoms with Crippen molar-refractivity contribution in [2.45, 2.75) is 0 Å². The minimum Gasteiger partial charge on any atom is -0.309 e. The lowest BCUT2D eigenvalue weighted by Crippen LogP contribution is -2.08. The summed E-state index contributed by atoms with van der Waals surface area (Å²) in [6, 6.07) is 65.6. The molecular formula is C47H31N5. The SMILES string of the molecule is c1ccc(-c2nc(-c3ccccc3)nc(-n3c(-c4cccc(-n5c6ccccc6c6ccccc65)c4)c(-c4ccccc4)c4ccccc43)n2)cc1. The van der Waals surface area contributed by atoms with Crippen molar-refractivity contribution in [1.82, 2.24) is 24.1 Å². The zero-order valence-corrected chi connectivity index (χ0v) is 28.1. The van der Waals surface area contributed by atoms with Crippen molar-refractivity contribution in [2.24, 2.45) is 0 Å². The largest absolute Gasteiger partial charge is 0.309 e. The maximum absolute atomic E-state index is 5.23. The smallest absolute Gasteiger partial charge is 0.238 e. The van der Waals surface area contributed by atoms with Gasteiger partial charge in [-0.25, -0.2) is 4.98 Å². The van der Waals surface area contributed by atoms with Crippen LogP contribution < -0.4 is 0 Å². The number of nitrogens with zero attached hydrogens (tertiary/aromatic N) is 5. The van der Waals surface area contributed by atoms with Gasteiger partial charge in [0.2, 0.25) is 5.95 Å². The molecule has 0 bridgehead atoms. The number of benzene rings is 7. The Morgan fingerprint density at radius 1 is 0.327 bits per heavy atom. The average Bonchev–Trinajstić information content (AvgIpc) is 3.75. The van der Waals surface area contributed by atoms with Crippen molar-refractivity contribution in [2.75, 3.05) is 0 Å². The first-order valence-electron chi connectivity index (χ1n) is 17.5. The summed E-state index contributed by atoms with van der Waals surface area (Å²) in [5.74, 6) is 1.80. The molecule has 5 nitrogen and oxygen atoms in total. The molecule has 0 saturated carbocycles. The summed E-state index contributed by atoms with van der Waals surface area (Å²) in [7, 11) is 0. The third kappa shape index (κ3) is 4.90. The molecule has 10 aromatic rings. The summed E-state index contributed by atoms with van der Waals surface area (Å²) in [4.78, 5) is 15.5. The molecule has 0 N–H and O–H groups in total. The van der Waals surface area contributed by atoms with Gasteiger partial charge in [0.05, 0.1) is 22.2 Å². The van der Waals surface area contributed by atoms with E-state index in [-0.39, 0.29) is 0 Å². The first-order chi connectivity index (χ1) is 25.8. The van der Waals surface area contributed by atoms with Crippen molar-refractivity contribution >= 4 is 32.7 Å². The van der Waals surface area contributed by atoms with Crippen LogP contribution in [0.4, 0.5) is 0 Å². The molecule has 0 aliphatic carbocycles. The summed E-state index contributed by atoms with van der Waals surface area (Å²) in [6.07, 6.45) is 0. The predicted octanol–water partition coefficient (Wildman–Crippen LogP) is 11.6. The first-order valence-corrected chi connectivity index (χ1v) is 17.5. The maximum Gasteiger partial charge on any atom is 0.238 e. The highest BCUT2D eigenvalue weighted by Gasteiger charge is 2.24. The van der Waals surface area contributed by atoms with Crippen LogP contribution in [0.15, 0.2) is 188 Å². The van der Waals surface area contributed by atoms with Crippen molar-refractivity contribution in [3.63, 3.8) is 0 Å². The van der Waals surface area contributed by atoms with Gasteiger partial charge in [-0.05, 0) is 35.9 Å². The van der Waals surface area contributed by atoms with E-state index in [2.05, 4.69) is 137 Å². The van der Waals surface area contributed by atoms with E-state index in [0.29, 0.717) is 17.6 Å². The third-order valence-electron chi connectivity index (χ3n) is 9.78. The molecule has 0 aliphatic heterocycles. The van der Waals surface area contributed by atoms with Crippen molar-refractivity contribution in [3.05, 3.63) is 188 Å². The summed E-state index contributed by atoms with van der Waals surface area (Å²) >= 11 is 0. The van der Waals surface area contributed by atoms with Gasteiger partial charge in [0, 0.05) is 44.1 Å². The molecule has 10 rings (SSSR count). The van der Waals surface area contributed by atoms with E-state index >= 15 is 0 Å². The highest BCUT2D eigenvalue weighted by Crippen LogP contribution is 2.43. The molecule has 0 amide bonds. The number of hydrogen-bond acceptors (Lipinski definition) is 3. The van der Waals surface area contributed by atoms with Gasteiger partial charge in [0.25, 0.3) is 0 Å². The van der Waals surface area contributed by atoms with E-state index in [1.54, 1.807) is 0 Å². The second kappa shape index (κ2) is 12.3. The van der Waals surface area contributed by atoms with E-state index in [9.17, 15) is 0 Å². The Morgan fingerprint density at radius 3 is 1.33 bits per heavy atom. The second-order valence-electron chi connectivity index (χ2n) is 12.9. The molecule has 0 saturated heterocycles. The molecule has 3 heterocycles. The van der Waals surface area contributed by atoms with Gasteiger partial charge < -0.3 is 4.57 Å². The summed E-state index contributed by atoms with van der Waals surface area (Å²) < 4.78 is 4.59. The number of rotatable bonds is 6. The van der Waals surface area contributed by atoms with Gasteiger partial charge in [-0.15, -0.1) is 0 Å². The molecule has 0 unspecified atom stereocenters. The van der Waals surface area contributed by atoms with E-state index in [4.69, 9.17) is 15.0 Å². The van der Waals surface area contributed by atoms with Gasteiger partial charge in [-0.1, -0.05) is 158 Å². The third-order valence-corrected chi connectivity index (χ3v) is 9.78. The summed E-state index contributed by atoms with van der Waals surface area (Å²) in [5, 5.41) is 3.58. The molecule has 52 heavy (non-hydrogen) atoms. The second-order valence-corrected chi connectivity index (χ2v) is 12.9. The molecule has 0 spiro atoms. The lowest BCUT2D eigenvalue weighted by Gasteiger charge is -2.15. The van der Waals surface area contributed by atoms with Crippen LogP contribution in [0.2, 0.25) is 0 Å². The minimum atomic E-state index is 0.559. The molecule has 0 aliphatic rings. The van der Waals surface area contributed by atoms with Crippen LogP contribution >= 0.6 is 0 Å². The number of fused-ring (bicyclic) bond motifs is 4. The Labute approximate surface area is 300 Å². The molecule has 0 fully saturated rings. The average molecular weight is 666 g/mol. The lowest BCUT2D eigenvalue weighted by atomic mass is 9.98. The molecule has 5 heteroatoms. The van der Waals surface area contributed by atoms with Gasteiger partial charge in [0.1, 0.15) is 0 Å². The standard InChI is InChI=1S/C47H31N5/c1-4-17-32(18-5-1)43-39-27-12-15-30-42(39)52(47-49-45(33-19-6-2-7-20-33)48-46(50-47)34-21-8-3-9-22-34)44(43)35-23-16-24-36(31-35)51-40-28-13-10-25-37(40)38-26-11-14-29-41(38)51/h1-31H. The maximum atomic E-state index is 5.23. The Hall–Kier alpha value is -7.11.